The lowest BCUT2D eigenvalue weighted by Gasteiger charge is -2.13. The topological polar surface area (TPSA) is 67.2 Å². The summed E-state index contributed by atoms with van der Waals surface area (Å²) >= 11 is 3.29. The van der Waals surface area contributed by atoms with Crippen LogP contribution in [0.3, 0.4) is 0 Å². The summed E-state index contributed by atoms with van der Waals surface area (Å²) in [5.41, 5.74) is 0.533. The van der Waals surface area contributed by atoms with Gasteiger partial charge in [0.05, 0.1) is 11.9 Å². The Morgan fingerprint density at radius 3 is 2.72 bits per heavy atom. The normalized spacial score (nSPS) is 12.8. The number of halogens is 1. The first-order valence-electron chi connectivity index (χ1n) is 6.06. The first-order chi connectivity index (χ1) is 8.45. The molecule has 1 unspecified atom stereocenters. The molecule has 1 aromatic heterocycles. The number of hydrogen-bond donors (Lipinski definition) is 2. The van der Waals surface area contributed by atoms with E-state index in [4.69, 9.17) is 5.11 Å². The largest absolute Gasteiger partial charge is 0.396 e. The highest BCUT2D eigenvalue weighted by atomic mass is 79.9. The minimum Gasteiger partial charge on any atom is -0.396 e. The van der Waals surface area contributed by atoms with Crippen LogP contribution in [0.4, 0.5) is 5.69 Å². The molecule has 0 aliphatic heterocycles. The van der Waals surface area contributed by atoms with Crippen molar-refractivity contribution in [3.8, 4) is 0 Å². The standard InChI is InChI=1S/C12H20BrN3O2/c1-8(2)6-16-12(18)11(13)10(5-15-16)14-4-9(3)7-17/h5,8-9,14,17H,4,6-7H2,1-3H3. The number of aliphatic hydroxyl groups is 1. The van der Waals surface area contributed by atoms with Crippen LogP contribution in [-0.4, -0.2) is 28.0 Å². The summed E-state index contributed by atoms with van der Waals surface area (Å²) in [6.45, 7) is 7.32. The Labute approximate surface area is 115 Å². The first kappa shape index (κ1) is 15.2. The fourth-order valence-electron chi connectivity index (χ4n) is 1.41. The van der Waals surface area contributed by atoms with E-state index in [1.807, 2.05) is 20.8 Å². The van der Waals surface area contributed by atoms with E-state index >= 15 is 0 Å². The second-order valence-electron chi connectivity index (χ2n) is 4.92. The minimum absolute atomic E-state index is 0.114. The van der Waals surface area contributed by atoms with Gasteiger partial charge in [-0.1, -0.05) is 20.8 Å². The van der Waals surface area contributed by atoms with Crippen LogP contribution in [0.15, 0.2) is 15.5 Å². The molecular formula is C12H20BrN3O2. The van der Waals surface area contributed by atoms with Gasteiger partial charge in [-0.15, -0.1) is 0 Å². The maximum absolute atomic E-state index is 12.0. The Bertz CT molecular complexity index is 445. The lowest BCUT2D eigenvalue weighted by molar-refractivity contribution is 0.244. The van der Waals surface area contributed by atoms with Crippen molar-refractivity contribution >= 4 is 21.6 Å². The Kier molecular flexibility index (Phi) is 5.81. The molecular weight excluding hydrogens is 298 g/mol. The average molecular weight is 318 g/mol. The number of aromatic nitrogens is 2. The first-order valence-corrected chi connectivity index (χ1v) is 6.85. The molecule has 0 aliphatic rings. The molecule has 0 bridgehead atoms. The number of aliphatic hydroxyl groups excluding tert-OH is 1. The third-order valence-electron chi connectivity index (χ3n) is 2.48. The third-order valence-corrected chi connectivity index (χ3v) is 3.24. The van der Waals surface area contributed by atoms with Gasteiger partial charge in [0.1, 0.15) is 4.47 Å². The number of hydrogen-bond acceptors (Lipinski definition) is 4. The fourth-order valence-corrected chi connectivity index (χ4v) is 1.86. The van der Waals surface area contributed by atoms with Gasteiger partial charge < -0.3 is 10.4 Å². The number of nitrogens with one attached hydrogen (secondary N) is 1. The molecule has 0 fully saturated rings. The van der Waals surface area contributed by atoms with E-state index in [0.717, 1.165) is 0 Å². The SMILES string of the molecule is CC(C)Cn1ncc(NCC(C)CO)c(Br)c1=O. The molecule has 1 atom stereocenters. The van der Waals surface area contributed by atoms with E-state index in [-0.39, 0.29) is 18.1 Å². The zero-order valence-corrected chi connectivity index (χ0v) is 12.6. The molecule has 2 N–H and O–H groups in total. The van der Waals surface area contributed by atoms with Crippen LogP contribution in [0.2, 0.25) is 0 Å². The molecule has 6 heteroatoms. The Morgan fingerprint density at radius 2 is 2.17 bits per heavy atom. The van der Waals surface area contributed by atoms with E-state index in [0.29, 0.717) is 29.2 Å². The van der Waals surface area contributed by atoms with Crippen LogP contribution in [0, 0.1) is 11.8 Å². The van der Waals surface area contributed by atoms with E-state index in [9.17, 15) is 4.79 Å². The molecule has 0 amide bonds. The van der Waals surface area contributed by atoms with Gasteiger partial charge in [0.25, 0.3) is 5.56 Å². The minimum atomic E-state index is -0.134. The van der Waals surface area contributed by atoms with Gasteiger partial charge in [0, 0.05) is 19.7 Å². The Morgan fingerprint density at radius 1 is 1.50 bits per heavy atom. The molecule has 1 heterocycles. The van der Waals surface area contributed by atoms with Crippen molar-refractivity contribution in [1.29, 1.82) is 0 Å². The monoisotopic (exact) mass is 317 g/mol. The second kappa shape index (κ2) is 6.89. The van der Waals surface area contributed by atoms with Crippen molar-refractivity contribution in [2.24, 2.45) is 11.8 Å². The highest BCUT2D eigenvalue weighted by molar-refractivity contribution is 9.10. The lowest BCUT2D eigenvalue weighted by atomic mass is 10.2. The quantitative estimate of drug-likeness (QED) is 0.838. The van der Waals surface area contributed by atoms with Crippen molar-refractivity contribution in [1.82, 2.24) is 9.78 Å². The van der Waals surface area contributed by atoms with Gasteiger partial charge in [-0.05, 0) is 27.8 Å². The molecule has 0 saturated heterocycles. The summed E-state index contributed by atoms with van der Waals surface area (Å²) in [5, 5.41) is 16.2. The van der Waals surface area contributed by atoms with E-state index in [2.05, 4.69) is 26.3 Å². The summed E-state index contributed by atoms with van der Waals surface area (Å²) < 4.78 is 1.94. The number of nitrogens with zero attached hydrogens (tertiary/aromatic N) is 2. The van der Waals surface area contributed by atoms with Crippen LogP contribution < -0.4 is 10.9 Å². The van der Waals surface area contributed by atoms with Crippen LogP contribution in [0.1, 0.15) is 20.8 Å². The molecule has 18 heavy (non-hydrogen) atoms. The van der Waals surface area contributed by atoms with Crippen molar-refractivity contribution in [3.05, 3.63) is 21.0 Å². The predicted molar refractivity (Wildman–Crippen MR) is 75.8 cm³/mol. The number of rotatable bonds is 6. The molecule has 0 radical (unpaired) electrons. The number of anilines is 1. The smallest absolute Gasteiger partial charge is 0.283 e. The summed E-state index contributed by atoms with van der Waals surface area (Å²) in [6.07, 6.45) is 1.64. The summed E-state index contributed by atoms with van der Waals surface area (Å²) in [7, 11) is 0. The summed E-state index contributed by atoms with van der Waals surface area (Å²) in [5.74, 6) is 0.505. The van der Waals surface area contributed by atoms with Crippen molar-refractivity contribution in [2.75, 3.05) is 18.5 Å². The van der Waals surface area contributed by atoms with E-state index in [1.54, 1.807) is 6.20 Å². The van der Waals surface area contributed by atoms with Gasteiger partial charge in [-0.3, -0.25) is 4.79 Å². The van der Waals surface area contributed by atoms with E-state index < -0.39 is 0 Å². The van der Waals surface area contributed by atoms with Gasteiger partial charge >= 0.3 is 0 Å². The maximum Gasteiger partial charge on any atom is 0.283 e. The summed E-state index contributed by atoms with van der Waals surface area (Å²) in [4.78, 5) is 12.0. The Hall–Kier alpha value is -0.880. The molecule has 0 aliphatic carbocycles. The Balaban J connectivity index is 2.84. The molecule has 0 aromatic carbocycles. The van der Waals surface area contributed by atoms with Gasteiger partial charge in [-0.25, -0.2) is 4.68 Å². The van der Waals surface area contributed by atoms with Gasteiger partial charge in [0.15, 0.2) is 0 Å². The van der Waals surface area contributed by atoms with Crippen molar-refractivity contribution in [2.45, 2.75) is 27.3 Å². The van der Waals surface area contributed by atoms with Crippen LogP contribution >= 0.6 is 15.9 Å². The fraction of sp³-hybridized carbons (Fsp3) is 0.667. The van der Waals surface area contributed by atoms with Crippen LogP contribution in [0.25, 0.3) is 0 Å². The third kappa shape index (κ3) is 4.10. The van der Waals surface area contributed by atoms with Crippen molar-refractivity contribution < 1.29 is 5.11 Å². The highest BCUT2D eigenvalue weighted by Crippen LogP contribution is 2.16. The highest BCUT2D eigenvalue weighted by Gasteiger charge is 2.10. The molecule has 0 spiro atoms. The van der Waals surface area contributed by atoms with Crippen LogP contribution in [0.5, 0.6) is 0 Å². The van der Waals surface area contributed by atoms with Gasteiger partial charge in [-0.2, -0.15) is 5.10 Å². The van der Waals surface area contributed by atoms with Crippen LogP contribution in [-0.2, 0) is 6.54 Å². The predicted octanol–water partition coefficient (Wildman–Crippen LogP) is 1.70. The summed E-state index contributed by atoms with van der Waals surface area (Å²) in [6, 6.07) is 0. The average Bonchev–Trinajstić information content (AvgIpc) is 2.33. The molecule has 5 nitrogen and oxygen atoms in total. The molecule has 102 valence electrons. The van der Waals surface area contributed by atoms with Crippen molar-refractivity contribution in [3.63, 3.8) is 0 Å². The maximum atomic E-state index is 12.0. The lowest BCUT2D eigenvalue weighted by Crippen LogP contribution is -2.27. The van der Waals surface area contributed by atoms with Gasteiger partial charge in [0.2, 0.25) is 0 Å². The molecule has 0 saturated carbocycles. The zero-order valence-electron chi connectivity index (χ0n) is 11.0. The molecule has 1 rings (SSSR count). The molecule has 1 aromatic rings. The zero-order chi connectivity index (χ0) is 13.7. The van der Waals surface area contributed by atoms with E-state index in [1.165, 1.54) is 4.68 Å². The second-order valence-corrected chi connectivity index (χ2v) is 5.71.